The number of ether oxygens (including phenoxy) is 2. The lowest BCUT2D eigenvalue weighted by Crippen LogP contribution is -2.17. The number of methoxy groups -OCH3 is 2. The summed E-state index contributed by atoms with van der Waals surface area (Å²) in [4.78, 5) is 0. The van der Waals surface area contributed by atoms with E-state index >= 15 is 0 Å². The third-order valence-electron chi connectivity index (χ3n) is 2.93. The van der Waals surface area contributed by atoms with Crippen LogP contribution in [0, 0.1) is 0 Å². The lowest BCUT2D eigenvalue weighted by Gasteiger charge is -2.18. The molecule has 5 heteroatoms. The molecule has 0 saturated heterocycles. The molecule has 1 N–H and O–H groups in total. The highest BCUT2D eigenvalue weighted by Crippen LogP contribution is 2.37. The molecule has 102 valence electrons. The third kappa shape index (κ3) is 2.69. The summed E-state index contributed by atoms with van der Waals surface area (Å²) in [5.74, 6) is 2.02. The SMILES string of the molecule is CNC(c1ccco1)c1cc(OC)c(OC)cc1Cl. The minimum atomic E-state index is -0.137. The maximum Gasteiger partial charge on any atom is 0.162 e. The molecule has 0 bridgehead atoms. The van der Waals surface area contributed by atoms with Gasteiger partial charge in [-0.3, -0.25) is 0 Å². The predicted molar refractivity (Wildman–Crippen MR) is 74.2 cm³/mol. The number of halogens is 1. The molecule has 2 rings (SSSR count). The van der Waals surface area contributed by atoms with E-state index in [2.05, 4.69) is 5.32 Å². The fraction of sp³-hybridized carbons (Fsp3) is 0.286. The van der Waals surface area contributed by atoms with Crippen molar-refractivity contribution in [2.24, 2.45) is 0 Å². The Morgan fingerprint density at radius 2 is 1.89 bits per heavy atom. The molecule has 0 fully saturated rings. The van der Waals surface area contributed by atoms with Gasteiger partial charge in [0.25, 0.3) is 0 Å². The quantitative estimate of drug-likeness (QED) is 0.914. The van der Waals surface area contributed by atoms with Crippen LogP contribution in [0.25, 0.3) is 0 Å². The van der Waals surface area contributed by atoms with Gasteiger partial charge in [0, 0.05) is 11.1 Å². The van der Waals surface area contributed by atoms with Crippen LogP contribution in [0.2, 0.25) is 5.02 Å². The van der Waals surface area contributed by atoms with Crippen LogP contribution in [0.4, 0.5) is 0 Å². The van der Waals surface area contributed by atoms with Gasteiger partial charge in [-0.25, -0.2) is 0 Å². The van der Waals surface area contributed by atoms with Gasteiger partial charge in [-0.2, -0.15) is 0 Å². The summed E-state index contributed by atoms with van der Waals surface area (Å²) < 4.78 is 16.0. The van der Waals surface area contributed by atoms with Crippen molar-refractivity contribution in [3.8, 4) is 11.5 Å². The van der Waals surface area contributed by atoms with Crippen LogP contribution in [-0.4, -0.2) is 21.3 Å². The van der Waals surface area contributed by atoms with E-state index in [0.29, 0.717) is 16.5 Å². The van der Waals surface area contributed by atoms with E-state index in [-0.39, 0.29) is 6.04 Å². The van der Waals surface area contributed by atoms with E-state index in [4.69, 9.17) is 25.5 Å². The van der Waals surface area contributed by atoms with Crippen molar-refractivity contribution in [2.75, 3.05) is 21.3 Å². The Bertz CT molecular complexity index is 540. The smallest absolute Gasteiger partial charge is 0.162 e. The lowest BCUT2D eigenvalue weighted by molar-refractivity contribution is 0.354. The Labute approximate surface area is 117 Å². The Morgan fingerprint density at radius 1 is 1.21 bits per heavy atom. The van der Waals surface area contributed by atoms with Crippen LogP contribution >= 0.6 is 11.6 Å². The molecule has 2 aromatic rings. The van der Waals surface area contributed by atoms with E-state index < -0.39 is 0 Å². The number of hydrogen-bond acceptors (Lipinski definition) is 4. The van der Waals surface area contributed by atoms with Crippen LogP contribution in [0.15, 0.2) is 34.9 Å². The molecule has 0 aliphatic rings. The van der Waals surface area contributed by atoms with Crippen molar-refractivity contribution in [1.82, 2.24) is 5.32 Å². The first-order valence-corrected chi connectivity index (χ1v) is 6.21. The van der Waals surface area contributed by atoms with Crippen molar-refractivity contribution < 1.29 is 13.9 Å². The summed E-state index contributed by atoms with van der Waals surface area (Å²) in [5, 5.41) is 3.77. The van der Waals surface area contributed by atoms with Crippen LogP contribution in [0.1, 0.15) is 17.4 Å². The van der Waals surface area contributed by atoms with Gasteiger partial charge in [0.05, 0.1) is 26.5 Å². The molecule has 0 amide bonds. The first-order valence-electron chi connectivity index (χ1n) is 5.83. The Kier molecular flexibility index (Phi) is 4.35. The van der Waals surface area contributed by atoms with Crippen LogP contribution < -0.4 is 14.8 Å². The second kappa shape index (κ2) is 5.99. The zero-order valence-corrected chi connectivity index (χ0v) is 11.8. The maximum absolute atomic E-state index is 6.31. The molecule has 1 heterocycles. The maximum atomic E-state index is 6.31. The predicted octanol–water partition coefficient (Wildman–Crippen LogP) is 3.26. The summed E-state index contributed by atoms with van der Waals surface area (Å²) in [7, 11) is 5.02. The van der Waals surface area contributed by atoms with Gasteiger partial charge in [-0.1, -0.05) is 11.6 Å². The summed E-state index contributed by atoms with van der Waals surface area (Å²) in [6, 6.07) is 7.19. The monoisotopic (exact) mass is 281 g/mol. The van der Waals surface area contributed by atoms with Gasteiger partial charge in [0.15, 0.2) is 11.5 Å². The molecular weight excluding hydrogens is 266 g/mol. The number of nitrogens with one attached hydrogen (secondary N) is 1. The summed E-state index contributed by atoms with van der Waals surface area (Å²) in [6.07, 6.45) is 1.63. The molecule has 4 nitrogen and oxygen atoms in total. The molecule has 19 heavy (non-hydrogen) atoms. The molecule has 0 aliphatic carbocycles. The minimum Gasteiger partial charge on any atom is -0.493 e. The molecule has 1 atom stereocenters. The molecule has 1 aromatic heterocycles. The van der Waals surface area contributed by atoms with Crippen molar-refractivity contribution >= 4 is 11.6 Å². The summed E-state index contributed by atoms with van der Waals surface area (Å²) >= 11 is 6.31. The molecule has 0 spiro atoms. The highest BCUT2D eigenvalue weighted by molar-refractivity contribution is 6.31. The Morgan fingerprint density at radius 3 is 2.42 bits per heavy atom. The number of rotatable bonds is 5. The number of benzene rings is 1. The standard InChI is InChI=1S/C14H16ClNO3/c1-16-14(11-5-4-6-19-11)9-7-12(17-2)13(18-3)8-10(9)15/h4-8,14,16H,1-3H3. The van der Waals surface area contributed by atoms with Crippen LogP contribution in [0.3, 0.4) is 0 Å². The molecule has 0 radical (unpaired) electrons. The molecule has 0 saturated carbocycles. The van der Waals surface area contributed by atoms with Crippen molar-refractivity contribution in [3.63, 3.8) is 0 Å². The van der Waals surface area contributed by atoms with E-state index in [0.717, 1.165) is 11.3 Å². The van der Waals surface area contributed by atoms with Crippen molar-refractivity contribution in [3.05, 3.63) is 46.9 Å². The van der Waals surface area contributed by atoms with Gasteiger partial charge in [0.2, 0.25) is 0 Å². The highest BCUT2D eigenvalue weighted by Gasteiger charge is 2.20. The molecule has 1 aromatic carbocycles. The molecule has 0 aliphatic heterocycles. The van der Waals surface area contributed by atoms with Crippen molar-refractivity contribution in [1.29, 1.82) is 0 Å². The first-order chi connectivity index (χ1) is 9.21. The van der Waals surface area contributed by atoms with Gasteiger partial charge in [-0.15, -0.1) is 0 Å². The normalized spacial score (nSPS) is 12.2. The average molecular weight is 282 g/mol. The first kappa shape index (κ1) is 13.8. The topological polar surface area (TPSA) is 43.6 Å². The van der Waals surface area contributed by atoms with E-state index in [1.165, 1.54) is 0 Å². The van der Waals surface area contributed by atoms with E-state index in [1.807, 2.05) is 25.2 Å². The van der Waals surface area contributed by atoms with Crippen molar-refractivity contribution in [2.45, 2.75) is 6.04 Å². The summed E-state index contributed by atoms with van der Waals surface area (Å²) in [5.41, 5.74) is 0.872. The lowest BCUT2D eigenvalue weighted by atomic mass is 10.0. The molecular formula is C14H16ClNO3. The zero-order valence-electron chi connectivity index (χ0n) is 11.1. The Balaban J connectivity index is 2.48. The molecule has 1 unspecified atom stereocenters. The van der Waals surface area contributed by atoms with Gasteiger partial charge >= 0.3 is 0 Å². The fourth-order valence-electron chi connectivity index (χ4n) is 2.00. The van der Waals surface area contributed by atoms with Crippen LogP contribution in [-0.2, 0) is 0 Å². The van der Waals surface area contributed by atoms with Gasteiger partial charge in [-0.05, 0) is 30.8 Å². The Hall–Kier alpha value is -1.65. The highest BCUT2D eigenvalue weighted by atomic mass is 35.5. The van der Waals surface area contributed by atoms with E-state index in [1.54, 1.807) is 26.5 Å². The minimum absolute atomic E-state index is 0.137. The second-order valence-electron chi connectivity index (χ2n) is 3.97. The fourth-order valence-corrected chi connectivity index (χ4v) is 2.26. The second-order valence-corrected chi connectivity index (χ2v) is 4.37. The van der Waals surface area contributed by atoms with Crippen LogP contribution in [0.5, 0.6) is 11.5 Å². The average Bonchev–Trinajstić information content (AvgIpc) is 2.94. The summed E-state index contributed by atoms with van der Waals surface area (Å²) in [6.45, 7) is 0. The zero-order chi connectivity index (χ0) is 13.8. The van der Waals surface area contributed by atoms with Gasteiger partial charge in [0.1, 0.15) is 5.76 Å². The largest absolute Gasteiger partial charge is 0.493 e. The third-order valence-corrected chi connectivity index (χ3v) is 3.26. The van der Waals surface area contributed by atoms with Gasteiger partial charge < -0.3 is 19.2 Å². The van der Waals surface area contributed by atoms with E-state index in [9.17, 15) is 0 Å². The number of hydrogen-bond donors (Lipinski definition) is 1. The number of furan rings is 1.